The molecule has 0 unspecified atom stereocenters. The number of amides is 4. The number of hydrogen-bond acceptors (Lipinski definition) is 5. The second-order valence-electron chi connectivity index (χ2n) is 7.12. The zero-order valence-electron chi connectivity index (χ0n) is 17.6. The van der Waals surface area contributed by atoms with Gasteiger partial charge in [0.25, 0.3) is 11.8 Å². The summed E-state index contributed by atoms with van der Waals surface area (Å²) in [6.45, 7) is 0.315. The highest BCUT2D eigenvalue weighted by atomic mass is 35.5. The van der Waals surface area contributed by atoms with Crippen LogP contribution in [0.3, 0.4) is 0 Å². The molecule has 0 aliphatic carbocycles. The number of ether oxygens (including phenoxy) is 2. The molecule has 1 N–H and O–H groups in total. The minimum atomic E-state index is -0.828. The molecule has 0 bridgehead atoms. The van der Waals surface area contributed by atoms with Crippen molar-refractivity contribution >= 4 is 41.2 Å². The van der Waals surface area contributed by atoms with Crippen molar-refractivity contribution in [1.82, 2.24) is 5.32 Å². The maximum Gasteiger partial charge on any atom is 0.335 e. The van der Waals surface area contributed by atoms with Crippen molar-refractivity contribution in [3.05, 3.63) is 94.5 Å². The van der Waals surface area contributed by atoms with Crippen molar-refractivity contribution in [2.75, 3.05) is 12.0 Å². The van der Waals surface area contributed by atoms with Crippen LogP contribution >= 0.6 is 11.6 Å². The first kappa shape index (κ1) is 22.1. The first-order valence-electron chi connectivity index (χ1n) is 9.98. The van der Waals surface area contributed by atoms with Gasteiger partial charge in [0.1, 0.15) is 12.2 Å². The van der Waals surface area contributed by atoms with Crippen LogP contribution in [0.1, 0.15) is 11.1 Å². The van der Waals surface area contributed by atoms with Crippen LogP contribution in [0.25, 0.3) is 6.08 Å². The average molecular weight is 463 g/mol. The number of urea groups is 1. The first-order chi connectivity index (χ1) is 16.0. The maximum atomic E-state index is 13.0. The largest absolute Gasteiger partial charge is 0.493 e. The van der Waals surface area contributed by atoms with Gasteiger partial charge in [-0.05, 0) is 53.6 Å². The van der Waals surface area contributed by atoms with Gasteiger partial charge >= 0.3 is 6.03 Å². The number of nitrogens with one attached hydrogen (secondary N) is 1. The molecule has 0 spiro atoms. The van der Waals surface area contributed by atoms with Crippen molar-refractivity contribution < 1.29 is 23.9 Å². The van der Waals surface area contributed by atoms with Gasteiger partial charge in [0, 0.05) is 5.02 Å². The van der Waals surface area contributed by atoms with Crippen LogP contribution in [-0.2, 0) is 16.2 Å². The fraction of sp³-hybridized carbons (Fsp3) is 0.0800. The van der Waals surface area contributed by atoms with Gasteiger partial charge in [-0.1, -0.05) is 48.0 Å². The molecule has 1 heterocycles. The van der Waals surface area contributed by atoms with Crippen LogP contribution in [0, 0.1) is 0 Å². The van der Waals surface area contributed by atoms with Gasteiger partial charge in [-0.3, -0.25) is 14.9 Å². The summed E-state index contributed by atoms with van der Waals surface area (Å²) in [4.78, 5) is 38.7. The Bertz CT molecular complexity index is 1240. The van der Waals surface area contributed by atoms with Crippen molar-refractivity contribution in [2.24, 2.45) is 0 Å². The number of barbiturate groups is 1. The number of carbonyl (C=O) groups is 3. The Balaban J connectivity index is 1.63. The summed E-state index contributed by atoms with van der Waals surface area (Å²) < 4.78 is 11.3. The van der Waals surface area contributed by atoms with E-state index >= 15 is 0 Å². The molecule has 3 aromatic carbocycles. The lowest BCUT2D eigenvalue weighted by Crippen LogP contribution is -2.54. The SMILES string of the molecule is COc1ccc(C=C2C(=O)NC(=O)N(c3ccc(Cl)cc3)C2=O)cc1OCc1ccccc1. The topological polar surface area (TPSA) is 84.9 Å². The summed E-state index contributed by atoms with van der Waals surface area (Å²) in [6, 6.07) is 20.0. The number of methoxy groups -OCH3 is 1. The number of halogens is 1. The molecule has 8 heteroatoms. The van der Waals surface area contributed by atoms with Gasteiger partial charge in [0.15, 0.2) is 11.5 Å². The summed E-state index contributed by atoms with van der Waals surface area (Å²) in [7, 11) is 1.52. The van der Waals surface area contributed by atoms with Gasteiger partial charge < -0.3 is 9.47 Å². The van der Waals surface area contributed by atoms with Crippen LogP contribution in [0.2, 0.25) is 5.02 Å². The van der Waals surface area contributed by atoms with Crippen molar-refractivity contribution in [2.45, 2.75) is 6.61 Å². The highest BCUT2D eigenvalue weighted by Crippen LogP contribution is 2.30. The number of rotatable bonds is 6. The van der Waals surface area contributed by atoms with Crippen molar-refractivity contribution in [1.29, 1.82) is 0 Å². The number of carbonyl (C=O) groups excluding carboxylic acids is 3. The van der Waals surface area contributed by atoms with Crippen LogP contribution in [-0.4, -0.2) is 25.0 Å². The molecule has 1 saturated heterocycles. The molecule has 1 aliphatic rings. The zero-order valence-corrected chi connectivity index (χ0v) is 18.3. The molecular formula is C25H19ClN2O5. The Morgan fingerprint density at radius 2 is 1.67 bits per heavy atom. The van der Waals surface area contributed by atoms with E-state index in [0.717, 1.165) is 10.5 Å². The molecule has 4 rings (SSSR count). The van der Waals surface area contributed by atoms with E-state index in [4.69, 9.17) is 21.1 Å². The lowest BCUT2D eigenvalue weighted by Gasteiger charge is -2.26. The Morgan fingerprint density at radius 1 is 0.939 bits per heavy atom. The summed E-state index contributed by atoms with van der Waals surface area (Å²) in [5, 5.41) is 2.65. The Hall–Kier alpha value is -4.10. The molecule has 166 valence electrons. The smallest absolute Gasteiger partial charge is 0.335 e. The lowest BCUT2D eigenvalue weighted by atomic mass is 10.1. The highest BCUT2D eigenvalue weighted by molar-refractivity contribution is 6.39. The van der Waals surface area contributed by atoms with E-state index in [-0.39, 0.29) is 5.57 Å². The number of imide groups is 2. The number of benzene rings is 3. The van der Waals surface area contributed by atoms with E-state index in [9.17, 15) is 14.4 Å². The molecule has 0 aromatic heterocycles. The van der Waals surface area contributed by atoms with Gasteiger partial charge in [-0.25, -0.2) is 9.69 Å². The normalized spacial score (nSPS) is 14.9. The van der Waals surface area contributed by atoms with E-state index in [0.29, 0.717) is 34.4 Å². The molecule has 4 amide bonds. The molecule has 1 aliphatic heterocycles. The fourth-order valence-corrected chi connectivity index (χ4v) is 3.41. The van der Waals surface area contributed by atoms with Gasteiger partial charge in [-0.2, -0.15) is 0 Å². The monoisotopic (exact) mass is 462 g/mol. The number of nitrogens with zero attached hydrogens (tertiary/aromatic N) is 1. The van der Waals surface area contributed by atoms with E-state index in [2.05, 4.69) is 5.32 Å². The predicted molar refractivity (Wildman–Crippen MR) is 124 cm³/mol. The summed E-state index contributed by atoms with van der Waals surface area (Å²) >= 11 is 5.90. The van der Waals surface area contributed by atoms with Crippen LogP contribution in [0.15, 0.2) is 78.4 Å². The molecule has 0 atom stereocenters. The third-order valence-corrected chi connectivity index (χ3v) is 5.17. The van der Waals surface area contributed by atoms with E-state index in [1.807, 2.05) is 30.3 Å². The van der Waals surface area contributed by atoms with E-state index < -0.39 is 17.8 Å². The zero-order chi connectivity index (χ0) is 23.4. The molecule has 1 fully saturated rings. The fourth-order valence-electron chi connectivity index (χ4n) is 3.28. The second kappa shape index (κ2) is 9.58. The highest BCUT2D eigenvalue weighted by Gasteiger charge is 2.36. The second-order valence-corrected chi connectivity index (χ2v) is 7.56. The minimum absolute atomic E-state index is 0.191. The Kier molecular flexibility index (Phi) is 6.42. The number of anilines is 1. The number of hydrogen-bond donors (Lipinski definition) is 1. The maximum absolute atomic E-state index is 13.0. The third kappa shape index (κ3) is 4.88. The molecule has 0 saturated carbocycles. The van der Waals surface area contributed by atoms with E-state index in [1.165, 1.54) is 25.3 Å². The molecule has 3 aromatic rings. The van der Waals surface area contributed by atoms with Gasteiger partial charge in [0.05, 0.1) is 12.8 Å². The molecule has 33 heavy (non-hydrogen) atoms. The van der Waals surface area contributed by atoms with E-state index in [1.54, 1.807) is 30.3 Å². The summed E-state index contributed by atoms with van der Waals surface area (Å²) in [5.41, 5.74) is 1.61. The average Bonchev–Trinajstić information content (AvgIpc) is 2.82. The lowest BCUT2D eigenvalue weighted by molar-refractivity contribution is -0.122. The quantitative estimate of drug-likeness (QED) is 0.427. The Labute approximate surface area is 195 Å². The molecule has 7 nitrogen and oxygen atoms in total. The van der Waals surface area contributed by atoms with Crippen molar-refractivity contribution in [3.8, 4) is 11.5 Å². The molecular weight excluding hydrogens is 444 g/mol. The first-order valence-corrected chi connectivity index (χ1v) is 10.4. The van der Waals surface area contributed by atoms with Gasteiger partial charge in [0.2, 0.25) is 0 Å². The van der Waals surface area contributed by atoms with Crippen LogP contribution < -0.4 is 19.7 Å². The minimum Gasteiger partial charge on any atom is -0.493 e. The summed E-state index contributed by atoms with van der Waals surface area (Å²) in [6.07, 6.45) is 1.40. The Morgan fingerprint density at radius 3 is 2.36 bits per heavy atom. The van der Waals surface area contributed by atoms with Crippen LogP contribution in [0.5, 0.6) is 11.5 Å². The van der Waals surface area contributed by atoms with Gasteiger partial charge in [-0.15, -0.1) is 0 Å². The van der Waals surface area contributed by atoms with Crippen molar-refractivity contribution in [3.63, 3.8) is 0 Å². The standard InChI is InChI=1S/C25H19ClN2O5/c1-32-21-12-7-17(14-22(21)33-15-16-5-3-2-4-6-16)13-20-23(29)27-25(31)28(24(20)30)19-10-8-18(26)9-11-19/h2-14H,15H2,1H3,(H,27,29,31). The molecule has 0 radical (unpaired) electrons. The predicted octanol–water partition coefficient (Wildman–Crippen LogP) is 4.59. The third-order valence-electron chi connectivity index (χ3n) is 4.92. The van der Waals surface area contributed by atoms with Crippen LogP contribution in [0.4, 0.5) is 10.5 Å². The summed E-state index contributed by atoms with van der Waals surface area (Å²) in [5.74, 6) is -0.568.